The molecule has 5 nitrogen and oxygen atoms in total. The van der Waals surface area contributed by atoms with Crippen molar-refractivity contribution in [1.29, 1.82) is 0 Å². The summed E-state index contributed by atoms with van der Waals surface area (Å²) in [6.45, 7) is 0.257. The highest BCUT2D eigenvalue weighted by atomic mass is 32.2. The van der Waals surface area contributed by atoms with Crippen LogP contribution in [0.25, 0.3) is 0 Å². The molecule has 0 saturated carbocycles. The Morgan fingerprint density at radius 2 is 1.66 bits per heavy atom. The van der Waals surface area contributed by atoms with E-state index in [0.29, 0.717) is 6.42 Å². The van der Waals surface area contributed by atoms with Gasteiger partial charge >= 0.3 is 0 Å². The monoisotopic (exact) mass is 416 g/mol. The van der Waals surface area contributed by atoms with E-state index in [1.807, 2.05) is 0 Å². The Morgan fingerprint density at radius 1 is 0.897 bits per heavy atom. The van der Waals surface area contributed by atoms with Gasteiger partial charge in [-0.3, -0.25) is 9.52 Å². The number of anilines is 1. The highest BCUT2D eigenvalue weighted by molar-refractivity contribution is 7.92. The molecule has 0 fully saturated rings. The maximum absolute atomic E-state index is 13.7. The summed E-state index contributed by atoms with van der Waals surface area (Å²) in [5.41, 5.74) is 0.689. The average molecular weight is 416 g/mol. The molecule has 0 atom stereocenters. The van der Waals surface area contributed by atoms with E-state index >= 15 is 0 Å². The van der Waals surface area contributed by atoms with E-state index in [-0.39, 0.29) is 28.5 Å². The molecule has 0 aliphatic heterocycles. The molecule has 29 heavy (non-hydrogen) atoms. The van der Waals surface area contributed by atoms with E-state index in [1.54, 1.807) is 12.1 Å². The summed E-state index contributed by atoms with van der Waals surface area (Å²) in [6.07, 6.45) is 0.427. The molecule has 0 spiro atoms. The molecule has 0 radical (unpaired) electrons. The van der Waals surface area contributed by atoms with Crippen molar-refractivity contribution >= 4 is 21.6 Å². The van der Waals surface area contributed by atoms with Gasteiger partial charge in [0, 0.05) is 12.1 Å². The first kappa shape index (κ1) is 20.5. The van der Waals surface area contributed by atoms with Gasteiger partial charge in [0.25, 0.3) is 15.9 Å². The van der Waals surface area contributed by atoms with Crippen LogP contribution in [0.2, 0.25) is 0 Å². The molecule has 0 heterocycles. The summed E-state index contributed by atoms with van der Waals surface area (Å²) >= 11 is 0. The predicted molar refractivity (Wildman–Crippen MR) is 106 cm³/mol. The van der Waals surface area contributed by atoms with Gasteiger partial charge in [-0.1, -0.05) is 30.3 Å². The zero-order valence-corrected chi connectivity index (χ0v) is 16.0. The molecular formula is C21H18F2N2O3S. The van der Waals surface area contributed by atoms with Gasteiger partial charge in [-0.2, -0.15) is 0 Å². The number of halogens is 2. The van der Waals surface area contributed by atoms with Crippen molar-refractivity contribution in [3.8, 4) is 0 Å². The number of hydrogen-bond acceptors (Lipinski definition) is 3. The number of carbonyl (C=O) groups excluding carboxylic acids is 1. The van der Waals surface area contributed by atoms with Gasteiger partial charge in [-0.25, -0.2) is 17.2 Å². The molecule has 3 rings (SSSR count). The summed E-state index contributed by atoms with van der Waals surface area (Å²) in [5, 5.41) is 2.67. The van der Waals surface area contributed by atoms with Crippen LogP contribution in [-0.4, -0.2) is 20.9 Å². The zero-order valence-electron chi connectivity index (χ0n) is 15.2. The topological polar surface area (TPSA) is 75.3 Å². The van der Waals surface area contributed by atoms with Crippen molar-refractivity contribution in [2.75, 3.05) is 11.3 Å². The molecule has 0 bridgehead atoms. The SMILES string of the molecule is O=C(NCCc1cccc(F)c1)c1cccc(S(=O)(=O)Nc2ccccc2F)c1. The summed E-state index contributed by atoms with van der Waals surface area (Å²) in [4.78, 5) is 12.2. The van der Waals surface area contributed by atoms with E-state index in [1.165, 1.54) is 54.6 Å². The van der Waals surface area contributed by atoms with Gasteiger partial charge in [0.1, 0.15) is 11.6 Å². The quantitative estimate of drug-likeness (QED) is 0.616. The molecule has 2 N–H and O–H groups in total. The van der Waals surface area contributed by atoms with Crippen LogP contribution in [-0.2, 0) is 16.4 Å². The van der Waals surface area contributed by atoms with Crippen LogP contribution < -0.4 is 10.0 Å². The van der Waals surface area contributed by atoms with E-state index in [2.05, 4.69) is 10.0 Å². The average Bonchev–Trinajstić information content (AvgIpc) is 2.70. The molecule has 3 aromatic rings. The lowest BCUT2D eigenvalue weighted by atomic mass is 10.1. The molecule has 150 valence electrons. The van der Waals surface area contributed by atoms with E-state index in [0.717, 1.165) is 11.6 Å². The Labute approximate surface area is 167 Å². The number of amides is 1. The lowest BCUT2D eigenvalue weighted by Crippen LogP contribution is -2.26. The van der Waals surface area contributed by atoms with Crippen LogP contribution in [0.1, 0.15) is 15.9 Å². The first-order valence-corrected chi connectivity index (χ1v) is 10.2. The second-order valence-corrected chi connectivity index (χ2v) is 7.93. The Hall–Kier alpha value is -3.26. The fraction of sp³-hybridized carbons (Fsp3) is 0.0952. The van der Waals surface area contributed by atoms with Crippen molar-refractivity contribution in [1.82, 2.24) is 5.32 Å². The second kappa shape index (κ2) is 8.83. The summed E-state index contributed by atoms with van der Waals surface area (Å²) in [7, 11) is -4.07. The number of nitrogens with one attached hydrogen (secondary N) is 2. The van der Waals surface area contributed by atoms with Crippen LogP contribution in [0.3, 0.4) is 0 Å². The number of rotatable bonds is 7. The summed E-state index contributed by atoms with van der Waals surface area (Å²) in [5.74, 6) is -1.53. The van der Waals surface area contributed by atoms with Gasteiger partial charge in [-0.15, -0.1) is 0 Å². The minimum atomic E-state index is -4.07. The highest BCUT2D eigenvalue weighted by Gasteiger charge is 2.18. The third kappa shape index (κ3) is 5.39. The summed E-state index contributed by atoms with van der Waals surface area (Å²) < 4.78 is 54.1. The molecule has 0 aromatic heterocycles. The fourth-order valence-corrected chi connectivity index (χ4v) is 3.78. The van der Waals surface area contributed by atoms with Gasteiger partial charge in [0.2, 0.25) is 0 Å². The third-order valence-electron chi connectivity index (χ3n) is 4.11. The molecule has 0 aliphatic rings. The standard InChI is InChI=1S/C21H18F2N2O3S/c22-17-7-3-5-15(13-17)11-12-24-21(26)16-6-4-8-18(14-16)29(27,28)25-20-10-2-1-9-19(20)23/h1-10,13-14,25H,11-12H2,(H,24,26). The Balaban J connectivity index is 1.68. The minimum Gasteiger partial charge on any atom is -0.352 e. The maximum atomic E-state index is 13.7. The number of benzene rings is 3. The van der Waals surface area contributed by atoms with Gasteiger partial charge in [0.05, 0.1) is 10.6 Å². The van der Waals surface area contributed by atoms with Gasteiger partial charge < -0.3 is 5.32 Å². The number of para-hydroxylation sites is 1. The largest absolute Gasteiger partial charge is 0.352 e. The van der Waals surface area contributed by atoms with E-state index in [4.69, 9.17) is 0 Å². The molecule has 0 unspecified atom stereocenters. The smallest absolute Gasteiger partial charge is 0.262 e. The van der Waals surface area contributed by atoms with Gasteiger partial charge in [-0.05, 0) is 54.4 Å². The first-order valence-electron chi connectivity index (χ1n) is 8.75. The van der Waals surface area contributed by atoms with Crippen LogP contribution in [0.4, 0.5) is 14.5 Å². The van der Waals surface area contributed by atoms with Gasteiger partial charge in [0.15, 0.2) is 0 Å². The number of carbonyl (C=O) groups is 1. The highest BCUT2D eigenvalue weighted by Crippen LogP contribution is 2.19. The number of sulfonamides is 1. The second-order valence-electron chi connectivity index (χ2n) is 6.25. The third-order valence-corrected chi connectivity index (χ3v) is 5.48. The van der Waals surface area contributed by atoms with Crippen molar-refractivity contribution < 1.29 is 22.0 Å². The van der Waals surface area contributed by atoms with Crippen molar-refractivity contribution in [3.63, 3.8) is 0 Å². The van der Waals surface area contributed by atoms with E-state index in [9.17, 15) is 22.0 Å². The van der Waals surface area contributed by atoms with Crippen LogP contribution >= 0.6 is 0 Å². The first-order chi connectivity index (χ1) is 13.8. The van der Waals surface area contributed by atoms with Crippen LogP contribution in [0, 0.1) is 11.6 Å². The number of hydrogen-bond donors (Lipinski definition) is 2. The molecule has 3 aromatic carbocycles. The summed E-state index contributed by atoms with van der Waals surface area (Å²) in [6, 6.07) is 16.9. The lowest BCUT2D eigenvalue weighted by molar-refractivity contribution is 0.0954. The fourth-order valence-electron chi connectivity index (χ4n) is 2.67. The molecular weight excluding hydrogens is 398 g/mol. The molecule has 8 heteroatoms. The van der Waals surface area contributed by atoms with Crippen molar-refractivity contribution in [2.24, 2.45) is 0 Å². The molecule has 0 saturated heterocycles. The van der Waals surface area contributed by atoms with E-state index < -0.39 is 21.7 Å². The Bertz CT molecular complexity index is 1130. The molecule has 0 aliphatic carbocycles. The maximum Gasteiger partial charge on any atom is 0.262 e. The van der Waals surface area contributed by atoms with Crippen LogP contribution in [0.5, 0.6) is 0 Å². The Morgan fingerprint density at radius 3 is 2.41 bits per heavy atom. The normalized spacial score (nSPS) is 11.1. The Kier molecular flexibility index (Phi) is 6.23. The minimum absolute atomic E-state index is 0.139. The van der Waals surface area contributed by atoms with Crippen molar-refractivity contribution in [3.05, 3.63) is 95.6 Å². The van der Waals surface area contributed by atoms with Crippen molar-refractivity contribution in [2.45, 2.75) is 11.3 Å². The zero-order chi connectivity index (χ0) is 20.9. The predicted octanol–water partition coefficient (Wildman–Crippen LogP) is 3.74. The lowest BCUT2D eigenvalue weighted by Gasteiger charge is -2.10. The van der Waals surface area contributed by atoms with Crippen LogP contribution in [0.15, 0.2) is 77.7 Å². The molecule has 1 amide bonds.